The highest BCUT2D eigenvalue weighted by atomic mass is 32.1. The molecule has 0 saturated heterocycles. The highest BCUT2D eigenvalue weighted by molar-refractivity contribution is 7.17. The Balaban J connectivity index is 1.90. The largest absolute Gasteiger partial charge is 0.493 e. The van der Waals surface area contributed by atoms with Crippen molar-refractivity contribution < 1.29 is 28.7 Å². The third-order valence-electron chi connectivity index (χ3n) is 5.08. The number of aryl methyl sites for hydroxylation is 1. The second-order valence-corrected chi connectivity index (χ2v) is 8.65. The van der Waals surface area contributed by atoms with E-state index in [0.717, 1.165) is 10.4 Å². The van der Waals surface area contributed by atoms with Crippen LogP contribution >= 0.6 is 11.3 Å². The maximum absolute atomic E-state index is 12.8. The zero-order chi connectivity index (χ0) is 26.2. The molecule has 0 spiro atoms. The number of nitro groups is 1. The van der Waals surface area contributed by atoms with Gasteiger partial charge in [-0.3, -0.25) is 14.9 Å². The fourth-order valence-electron chi connectivity index (χ4n) is 3.52. The monoisotopic (exact) mass is 510 g/mol. The number of carbonyl (C=O) groups is 2. The lowest BCUT2D eigenvalue weighted by Gasteiger charge is -2.09. The summed E-state index contributed by atoms with van der Waals surface area (Å²) in [6.07, 6.45) is 2.97. The van der Waals surface area contributed by atoms with Gasteiger partial charge in [-0.15, -0.1) is 11.3 Å². The minimum absolute atomic E-state index is 0.0612. The number of nitro benzene ring substituents is 1. The summed E-state index contributed by atoms with van der Waals surface area (Å²) in [5.41, 5.74) is 2.04. The summed E-state index contributed by atoms with van der Waals surface area (Å²) in [6, 6.07) is 11.2. The number of anilines is 1. The van der Waals surface area contributed by atoms with Gasteiger partial charge in [-0.2, -0.15) is 0 Å². The first-order chi connectivity index (χ1) is 17.3. The van der Waals surface area contributed by atoms with E-state index in [1.165, 1.54) is 36.7 Å². The Hall–Kier alpha value is -4.18. The van der Waals surface area contributed by atoms with Crippen LogP contribution in [0, 0.1) is 17.0 Å². The molecule has 0 atom stereocenters. The summed E-state index contributed by atoms with van der Waals surface area (Å²) in [5.74, 6) is 0.120. The van der Waals surface area contributed by atoms with Gasteiger partial charge >= 0.3 is 5.97 Å². The number of methoxy groups -OCH3 is 1. The molecule has 1 amide bonds. The molecule has 0 aliphatic rings. The Labute approximate surface area is 212 Å². The molecule has 0 aliphatic heterocycles. The highest BCUT2D eigenvalue weighted by Crippen LogP contribution is 2.41. The molecular formula is C26H26N2O7S. The summed E-state index contributed by atoms with van der Waals surface area (Å²) in [4.78, 5) is 36.9. The fraction of sp³-hybridized carbons (Fsp3) is 0.231. The number of rotatable bonds is 10. The van der Waals surface area contributed by atoms with Gasteiger partial charge in [-0.25, -0.2) is 4.79 Å². The van der Waals surface area contributed by atoms with Gasteiger partial charge in [0.15, 0.2) is 11.5 Å². The molecule has 1 aromatic heterocycles. The van der Waals surface area contributed by atoms with Crippen LogP contribution < -0.4 is 14.8 Å². The number of hydrogen-bond donors (Lipinski definition) is 1. The van der Waals surface area contributed by atoms with E-state index in [-0.39, 0.29) is 17.9 Å². The lowest BCUT2D eigenvalue weighted by Crippen LogP contribution is -2.12. The van der Waals surface area contributed by atoms with Crippen molar-refractivity contribution in [3.05, 3.63) is 74.7 Å². The van der Waals surface area contributed by atoms with Crippen molar-refractivity contribution in [3.8, 4) is 22.6 Å². The molecule has 0 bridgehead atoms. The van der Waals surface area contributed by atoms with Gasteiger partial charge in [0.2, 0.25) is 5.91 Å². The van der Waals surface area contributed by atoms with E-state index in [9.17, 15) is 19.7 Å². The molecule has 188 valence electrons. The molecular weight excluding hydrogens is 484 g/mol. The van der Waals surface area contributed by atoms with Crippen LogP contribution in [0.3, 0.4) is 0 Å². The van der Waals surface area contributed by atoms with E-state index in [4.69, 9.17) is 14.2 Å². The molecule has 0 fully saturated rings. The van der Waals surface area contributed by atoms with Gasteiger partial charge < -0.3 is 19.5 Å². The molecule has 1 heterocycles. The Morgan fingerprint density at radius 2 is 1.81 bits per heavy atom. The zero-order valence-electron chi connectivity index (χ0n) is 20.3. The average molecular weight is 511 g/mol. The molecule has 10 heteroatoms. The Morgan fingerprint density at radius 1 is 1.08 bits per heavy atom. The molecule has 0 unspecified atom stereocenters. The molecule has 1 N–H and O–H groups in total. The van der Waals surface area contributed by atoms with E-state index < -0.39 is 16.8 Å². The quantitative estimate of drug-likeness (QED) is 0.157. The van der Waals surface area contributed by atoms with E-state index in [2.05, 4.69) is 5.32 Å². The number of esters is 1. The van der Waals surface area contributed by atoms with Crippen molar-refractivity contribution in [1.82, 2.24) is 0 Å². The Kier molecular flexibility index (Phi) is 8.80. The first kappa shape index (κ1) is 26.4. The number of nitrogens with zero attached hydrogens (tertiary/aromatic N) is 1. The van der Waals surface area contributed by atoms with Gasteiger partial charge in [0.25, 0.3) is 5.69 Å². The lowest BCUT2D eigenvalue weighted by atomic mass is 10.0. The Morgan fingerprint density at radius 3 is 2.42 bits per heavy atom. The minimum atomic E-state index is -0.592. The predicted molar refractivity (Wildman–Crippen MR) is 139 cm³/mol. The number of thiophene rings is 1. The third kappa shape index (κ3) is 6.08. The van der Waals surface area contributed by atoms with Gasteiger partial charge in [0.1, 0.15) is 10.6 Å². The van der Waals surface area contributed by atoms with Gasteiger partial charge in [-0.1, -0.05) is 6.07 Å². The first-order valence-electron chi connectivity index (χ1n) is 11.1. The second-order valence-electron chi connectivity index (χ2n) is 7.43. The van der Waals surface area contributed by atoms with Crippen molar-refractivity contribution in [2.75, 3.05) is 25.6 Å². The normalized spacial score (nSPS) is 10.8. The van der Waals surface area contributed by atoms with Crippen molar-refractivity contribution in [2.24, 2.45) is 0 Å². The van der Waals surface area contributed by atoms with E-state index in [1.807, 2.05) is 13.8 Å². The molecule has 3 rings (SSSR count). The van der Waals surface area contributed by atoms with Crippen molar-refractivity contribution >= 4 is 40.0 Å². The molecule has 9 nitrogen and oxygen atoms in total. The van der Waals surface area contributed by atoms with Crippen LogP contribution in [0.25, 0.3) is 17.2 Å². The number of nitrogens with one attached hydrogen (secondary N) is 1. The first-order valence-corrected chi connectivity index (χ1v) is 12.0. The highest BCUT2D eigenvalue weighted by Gasteiger charge is 2.25. The van der Waals surface area contributed by atoms with Gasteiger partial charge in [0, 0.05) is 28.6 Å². The topological polar surface area (TPSA) is 117 Å². The van der Waals surface area contributed by atoms with Crippen molar-refractivity contribution in [1.29, 1.82) is 0 Å². The number of non-ortho nitro benzene ring substituents is 1. The molecule has 0 aliphatic carbocycles. The van der Waals surface area contributed by atoms with Gasteiger partial charge in [0.05, 0.1) is 25.2 Å². The summed E-state index contributed by atoms with van der Waals surface area (Å²) in [5, 5.41) is 14.1. The van der Waals surface area contributed by atoms with E-state index >= 15 is 0 Å². The van der Waals surface area contributed by atoms with Crippen LogP contribution in [0.15, 0.2) is 48.5 Å². The minimum Gasteiger partial charge on any atom is -0.493 e. The fourth-order valence-corrected chi connectivity index (χ4v) is 4.58. The molecule has 0 saturated carbocycles. The van der Waals surface area contributed by atoms with E-state index in [0.29, 0.717) is 34.2 Å². The number of benzene rings is 2. The molecule has 0 radical (unpaired) electrons. The molecule has 3 aromatic rings. The molecule has 36 heavy (non-hydrogen) atoms. The van der Waals surface area contributed by atoms with Crippen molar-refractivity contribution in [3.63, 3.8) is 0 Å². The number of carbonyl (C=O) groups excluding carboxylic acids is 2. The zero-order valence-corrected chi connectivity index (χ0v) is 21.1. The molecule has 2 aromatic carbocycles. The SMILES string of the molecule is CCOC(=O)c1c(NC(=O)C=Cc2ccc(OCC)c(OC)c2)sc(C)c1-c1ccc([N+](=O)[O-])cc1. The number of amides is 1. The van der Waals surface area contributed by atoms with Crippen LogP contribution in [0.1, 0.15) is 34.6 Å². The summed E-state index contributed by atoms with van der Waals surface area (Å²) in [7, 11) is 1.54. The smallest absolute Gasteiger partial charge is 0.341 e. The number of ether oxygens (including phenoxy) is 3. The van der Waals surface area contributed by atoms with Crippen molar-refractivity contribution in [2.45, 2.75) is 20.8 Å². The van der Waals surface area contributed by atoms with Crippen LogP contribution in [0.4, 0.5) is 10.7 Å². The number of hydrogen-bond acceptors (Lipinski definition) is 8. The lowest BCUT2D eigenvalue weighted by molar-refractivity contribution is -0.384. The van der Waals surface area contributed by atoms with Crippen LogP contribution in [0.5, 0.6) is 11.5 Å². The Bertz CT molecular complexity index is 1300. The average Bonchev–Trinajstić information content (AvgIpc) is 3.19. The maximum atomic E-state index is 12.8. The van der Waals surface area contributed by atoms with Crippen LogP contribution in [0.2, 0.25) is 0 Å². The standard InChI is InChI=1S/C26H26N2O7S/c1-5-34-20-13-7-17(15-21(20)33-4)8-14-22(29)27-25-24(26(30)35-6-2)23(16(3)36-25)18-9-11-19(12-10-18)28(31)32/h7-15H,5-6H2,1-4H3,(H,27,29). The van der Waals surface area contributed by atoms with Crippen LogP contribution in [-0.2, 0) is 9.53 Å². The second kappa shape index (κ2) is 12.0. The van der Waals surface area contributed by atoms with E-state index in [1.54, 1.807) is 43.3 Å². The predicted octanol–water partition coefficient (Wildman–Crippen LogP) is 5.87. The van der Waals surface area contributed by atoms with Crippen LogP contribution in [-0.4, -0.2) is 37.1 Å². The maximum Gasteiger partial charge on any atom is 0.341 e. The summed E-state index contributed by atoms with van der Waals surface area (Å²) < 4.78 is 16.1. The van der Waals surface area contributed by atoms with Gasteiger partial charge in [-0.05, 0) is 62.2 Å². The summed E-state index contributed by atoms with van der Waals surface area (Å²) in [6.45, 7) is 6.03. The summed E-state index contributed by atoms with van der Waals surface area (Å²) >= 11 is 1.23. The third-order valence-corrected chi connectivity index (χ3v) is 6.10.